The van der Waals surface area contributed by atoms with E-state index >= 15 is 0 Å². The molecule has 0 unspecified atom stereocenters. The molecular formula is C8H4BBrF4. The molecule has 0 nitrogen and oxygen atoms in total. The van der Waals surface area contributed by atoms with E-state index < -0.39 is 40.7 Å². The summed E-state index contributed by atoms with van der Waals surface area (Å²) in [4.78, 5) is 0. The molecule has 0 aliphatic rings. The second-order valence-electron chi connectivity index (χ2n) is 2.55. The Bertz CT molecular complexity index is 303. The Morgan fingerprint density at radius 2 is 1.21 bits per heavy atom. The topological polar surface area (TPSA) is 0 Å². The number of alkyl halides is 1. The van der Waals surface area contributed by atoms with E-state index in [9.17, 15) is 17.6 Å². The highest BCUT2D eigenvalue weighted by Crippen LogP contribution is 2.25. The van der Waals surface area contributed by atoms with Gasteiger partial charge in [-0.1, -0.05) is 22.3 Å². The molecule has 2 radical (unpaired) electrons. The zero-order valence-corrected chi connectivity index (χ0v) is 8.47. The van der Waals surface area contributed by atoms with Gasteiger partial charge in [0.15, 0.2) is 23.3 Å². The average Bonchev–Trinajstić information content (AvgIpc) is 2.17. The molecule has 6 heteroatoms. The van der Waals surface area contributed by atoms with E-state index in [1.54, 1.807) is 0 Å². The van der Waals surface area contributed by atoms with Crippen molar-refractivity contribution in [3.8, 4) is 0 Å². The molecule has 1 rings (SSSR count). The lowest BCUT2D eigenvalue weighted by molar-refractivity contribution is 0.434. The number of hydrogen-bond donors (Lipinski definition) is 0. The molecule has 0 N–H and O–H groups in total. The van der Waals surface area contributed by atoms with Crippen molar-refractivity contribution >= 4 is 23.8 Å². The highest BCUT2D eigenvalue weighted by atomic mass is 79.9. The molecule has 1 aromatic rings. The van der Waals surface area contributed by atoms with Gasteiger partial charge in [-0.2, -0.15) is 0 Å². The lowest BCUT2D eigenvalue weighted by Crippen LogP contribution is -2.07. The molecule has 74 valence electrons. The fourth-order valence-corrected chi connectivity index (χ4v) is 1.51. The van der Waals surface area contributed by atoms with Crippen LogP contribution in [-0.2, 0) is 11.7 Å². The van der Waals surface area contributed by atoms with Crippen LogP contribution in [-0.4, -0.2) is 7.85 Å². The van der Waals surface area contributed by atoms with Crippen LogP contribution in [0, 0.1) is 23.3 Å². The first-order chi connectivity index (χ1) is 6.54. The van der Waals surface area contributed by atoms with E-state index in [0.29, 0.717) is 0 Å². The van der Waals surface area contributed by atoms with Crippen LogP contribution >= 0.6 is 15.9 Å². The smallest absolute Gasteiger partial charge is 0.166 e. The minimum absolute atomic E-state index is 0.302. The monoisotopic (exact) mass is 266 g/mol. The predicted octanol–water partition coefficient (Wildman–Crippen LogP) is 2.81. The highest BCUT2D eigenvalue weighted by molar-refractivity contribution is 9.08. The molecule has 0 amide bonds. The Balaban J connectivity index is 3.55. The normalized spacial score (nSPS) is 10.6. The van der Waals surface area contributed by atoms with Crippen molar-refractivity contribution in [2.45, 2.75) is 11.7 Å². The second kappa shape index (κ2) is 4.34. The van der Waals surface area contributed by atoms with E-state index in [2.05, 4.69) is 15.9 Å². The molecule has 0 fully saturated rings. The number of halogens is 5. The molecule has 14 heavy (non-hydrogen) atoms. The van der Waals surface area contributed by atoms with Crippen LogP contribution in [0.5, 0.6) is 0 Å². The van der Waals surface area contributed by atoms with Crippen molar-refractivity contribution in [1.29, 1.82) is 0 Å². The van der Waals surface area contributed by atoms with Gasteiger partial charge < -0.3 is 0 Å². The summed E-state index contributed by atoms with van der Waals surface area (Å²) in [6.45, 7) is 0. The standard InChI is InChI=1S/C8H4BBrF4/c9-1-3-5(11)7(13)4(2-10)8(14)6(3)12/h1-2H2. The molecular weight excluding hydrogens is 263 g/mol. The van der Waals surface area contributed by atoms with Gasteiger partial charge in [-0.25, -0.2) is 17.6 Å². The number of rotatable bonds is 2. The van der Waals surface area contributed by atoms with Gasteiger partial charge in [-0.15, -0.1) is 0 Å². The van der Waals surface area contributed by atoms with Crippen molar-refractivity contribution in [3.63, 3.8) is 0 Å². The average molecular weight is 267 g/mol. The summed E-state index contributed by atoms with van der Waals surface area (Å²) in [7, 11) is 4.96. The van der Waals surface area contributed by atoms with Crippen LogP contribution in [0.15, 0.2) is 0 Å². The fourth-order valence-electron chi connectivity index (χ4n) is 1.02. The minimum atomic E-state index is -1.43. The third-order valence-electron chi connectivity index (χ3n) is 1.78. The molecule has 1 aromatic carbocycles. The van der Waals surface area contributed by atoms with Gasteiger partial charge in [0.25, 0.3) is 0 Å². The van der Waals surface area contributed by atoms with Gasteiger partial charge in [0.05, 0.1) is 7.85 Å². The van der Waals surface area contributed by atoms with Crippen molar-refractivity contribution in [1.82, 2.24) is 0 Å². The first-order valence-electron chi connectivity index (χ1n) is 3.64. The second-order valence-corrected chi connectivity index (χ2v) is 3.11. The van der Waals surface area contributed by atoms with Crippen LogP contribution in [0.25, 0.3) is 0 Å². The van der Waals surface area contributed by atoms with Crippen molar-refractivity contribution in [3.05, 3.63) is 34.4 Å². The highest BCUT2D eigenvalue weighted by Gasteiger charge is 2.22. The van der Waals surface area contributed by atoms with Gasteiger partial charge in [-0.3, -0.25) is 0 Å². The third kappa shape index (κ3) is 1.67. The summed E-state index contributed by atoms with van der Waals surface area (Å²) in [5.41, 5.74) is -1.44. The molecule has 0 aliphatic heterocycles. The van der Waals surface area contributed by atoms with E-state index in [0.717, 1.165) is 0 Å². The summed E-state index contributed by atoms with van der Waals surface area (Å²) in [6, 6.07) is 0. The SMILES string of the molecule is [B]Cc1c(F)c(F)c(CBr)c(F)c1F. The van der Waals surface area contributed by atoms with Crippen molar-refractivity contribution in [2.75, 3.05) is 0 Å². The Kier molecular flexibility index (Phi) is 3.58. The van der Waals surface area contributed by atoms with Crippen molar-refractivity contribution < 1.29 is 17.6 Å². The Morgan fingerprint density at radius 3 is 1.50 bits per heavy atom. The van der Waals surface area contributed by atoms with Gasteiger partial charge >= 0.3 is 0 Å². The zero-order valence-electron chi connectivity index (χ0n) is 6.88. The molecule has 0 bridgehead atoms. The predicted molar refractivity (Wildman–Crippen MR) is 48.4 cm³/mol. The molecule has 0 saturated carbocycles. The molecule has 0 spiro atoms. The van der Waals surface area contributed by atoms with Gasteiger partial charge in [-0.05, 0) is 0 Å². The lowest BCUT2D eigenvalue weighted by Gasteiger charge is -2.08. The molecule has 0 heterocycles. The summed E-state index contributed by atoms with van der Waals surface area (Å²) >= 11 is 2.73. The Morgan fingerprint density at radius 1 is 0.857 bits per heavy atom. The third-order valence-corrected chi connectivity index (χ3v) is 2.34. The van der Waals surface area contributed by atoms with Crippen molar-refractivity contribution in [2.24, 2.45) is 0 Å². The van der Waals surface area contributed by atoms with Crippen LogP contribution in [0.1, 0.15) is 11.1 Å². The number of hydrogen-bond acceptors (Lipinski definition) is 0. The maximum absolute atomic E-state index is 13.0. The minimum Gasteiger partial charge on any atom is -0.203 e. The summed E-state index contributed by atoms with van der Waals surface area (Å²) in [5.74, 6) is -5.66. The maximum Gasteiger partial charge on any atom is 0.166 e. The van der Waals surface area contributed by atoms with E-state index in [1.807, 2.05) is 0 Å². The summed E-state index contributed by atoms with van der Waals surface area (Å²) in [5, 5.41) is -0.302. The Labute approximate surface area is 87.8 Å². The molecule has 0 aliphatic carbocycles. The lowest BCUT2D eigenvalue weighted by atomic mass is 9.94. The van der Waals surface area contributed by atoms with E-state index in [1.165, 1.54) is 0 Å². The zero-order chi connectivity index (χ0) is 10.9. The molecule has 0 saturated heterocycles. The van der Waals surface area contributed by atoms with Gasteiger partial charge in [0.2, 0.25) is 0 Å². The summed E-state index contributed by atoms with van der Waals surface area (Å²) in [6.07, 6.45) is -0.589. The van der Waals surface area contributed by atoms with Crippen LogP contribution in [0.4, 0.5) is 17.6 Å². The largest absolute Gasteiger partial charge is 0.203 e. The molecule has 0 atom stereocenters. The van der Waals surface area contributed by atoms with Gasteiger partial charge in [0.1, 0.15) is 0 Å². The first kappa shape index (κ1) is 11.6. The molecule has 0 aromatic heterocycles. The van der Waals surface area contributed by atoms with E-state index in [4.69, 9.17) is 7.85 Å². The van der Waals surface area contributed by atoms with Crippen LogP contribution in [0.3, 0.4) is 0 Å². The van der Waals surface area contributed by atoms with E-state index in [-0.39, 0.29) is 5.33 Å². The first-order valence-corrected chi connectivity index (χ1v) is 4.76. The number of benzene rings is 1. The summed E-state index contributed by atoms with van der Waals surface area (Å²) < 4.78 is 52.1. The van der Waals surface area contributed by atoms with Crippen LogP contribution in [0.2, 0.25) is 0 Å². The van der Waals surface area contributed by atoms with Gasteiger partial charge in [0, 0.05) is 16.5 Å². The quantitative estimate of drug-likeness (QED) is 0.334. The maximum atomic E-state index is 13.0. The van der Waals surface area contributed by atoms with Crippen LogP contribution < -0.4 is 0 Å². The fraction of sp³-hybridized carbons (Fsp3) is 0.250. The Hall–Kier alpha value is -0.515.